The van der Waals surface area contributed by atoms with E-state index in [4.69, 9.17) is 23.2 Å². The van der Waals surface area contributed by atoms with Crippen LogP contribution in [0.1, 0.15) is 22.7 Å². The SMILES string of the molecule is Cc1cc(Cl)cnc1NC(c1ccc(Cl)c(F)c1)c1ccc2cccnc2c1O. The highest BCUT2D eigenvalue weighted by molar-refractivity contribution is 6.31. The largest absolute Gasteiger partial charge is 0.505 e. The third-order valence-electron chi connectivity index (χ3n) is 4.69. The van der Waals surface area contributed by atoms with Crippen molar-refractivity contribution in [1.29, 1.82) is 0 Å². The monoisotopic (exact) mass is 427 g/mol. The summed E-state index contributed by atoms with van der Waals surface area (Å²) < 4.78 is 14.2. The second-order valence-corrected chi connectivity index (χ2v) is 7.49. The minimum Gasteiger partial charge on any atom is -0.505 e. The molecule has 2 aromatic heterocycles. The maximum Gasteiger partial charge on any atom is 0.147 e. The van der Waals surface area contributed by atoms with Crippen molar-refractivity contribution in [3.63, 3.8) is 0 Å². The molecule has 4 rings (SSSR count). The molecule has 0 saturated heterocycles. The number of fused-ring (bicyclic) bond motifs is 1. The first-order valence-corrected chi connectivity index (χ1v) is 9.60. The summed E-state index contributed by atoms with van der Waals surface area (Å²) in [7, 11) is 0. The topological polar surface area (TPSA) is 58.0 Å². The number of halogens is 3. The Hall–Kier alpha value is -2.89. The zero-order valence-corrected chi connectivity index (χ0v) is 16.8. The van der Waals surface area contributed by atoms with Crippen molar-refractivity contribution in [3.05, 3.63) is 93.5 Å². The first kappa shape index (κ1) is 19.4. The second kappa shape index (κ2) is 7.85. The van der Waals surface area contributed by atoms with E-state index in [1.54, 1.807) is 30.5 Å². The number of nitrogens with zero attached hydrogens (tertiary/aromatic N) is 2. The van der Waals surface area contributed by atoms with E-state index in [0.29, 0.717) is 27.5 Å². The van der Waals surface area contributed by atoms with E-state index in [9.17, 15) is 9.50 Å². The Labute approximate surface area is 177 Å². The van der Waals surface area contributed by atoms with Gasteiger partial charge in [-0.25, -0.2) is 9.37 Å². The molecule has 0 amide bonds. The Morgan fingerprint density at radius 2 is 1.90 bits per heavy atom. The predicted octanol–water partition coefficient (Wildman–Crippen LogP) is 6.29. The average molecular weight is 428 g/mol. The number of rotatable bonds is 4. The fourth-order valence-corrected chi connectivity index (χ4v) is 3.57. The zero-order valence-electron chi connectivity index (χ0n) is 15.3. The van der Waals surface area contributed by atoms with E-state index in [1.807, 2.05) is 19.1 Å². The number of phenols is 1. The van der Waals surface area contributed by atoms with Gasteiger partial charge in [-0.1, -0.05) is 47.5 Å². The molecule has 4 aromatic rings. The minimum absolute atomic E-state index is 0.0163. The summed E-state index contributed by atoms with van der Waals surface area (Å²) in [5.41, 5.74) is 2.39. The van der Waals surface area contributed by atoms with Crippen LogP contribution in [0.2, 0.25) is 10.0 Å². The van der Waals surface area contributed by atoms with Crippen LogP contribution in [-0.4, -0.2) is 15.1 Å². The van der Waals surface area contributed by atoms with E-state index < -0.39 is 11.9 Å². The molecule has 1 atom stereocenters. The number of aromatic nitrogens is 2. The molecule has 1 unspecified atom stereocenters. The summed E-state index contributed by atoms with van der Waals surface area (Å²) >= 11 is 11.9. The van der Waals surface area contributed by atoms with E-state index in [2.05, 4.69) is 15.3 Å². The quantitative estimate of drug-likeness (QED) is 0.401. The fourth-order valence-electron chi connectivity index (χ4n) is 3.24. The van der Waals surface area contributed by atoms with Crippen molar-refractivity contribution < 1.29 is 9.50 Å². The van der Waals surface area contributed by atoms with Gasteiger partial charge in [0, 0.05) is 23.3 Å². The summed E-state index contributed by atoms with van der Waals surface area (Å²) in [6.45, 7) is 1.86. The predicted molar refractivity (Wildman–Crippen MR) is 114 cm³/mol. The van der Waals surface area contributed by atoms with Gasteiger partial charge in [-0.05, 0) is 42.3 Å². The third-order valence-corrected chi connectivity index (χ3v) is 5.21. The number of phenolic OH excluding ortho intramolecular Hbond substituents is 1. The van der Waals surface area contributed by atoms with E-state index in [0.717, 1.165) is 10.9 Å². The van der Waals surface area contributed by atoms with Crippen LogP contribution in [0, 0.1) is 12.7 Å². The lowest BCUT2D eigenvalue weighted by atomic mass is 9.96. The van der Waals surface area contributed by atoms with E-state index in [-0.39, 0.29) is 10.8 Å². The third kappa shape index (κ3) is 3.84. The number of nitrogens with one attached hydrogen (secondary N) is 1. The van der Waals surface area contributed by atoms with Crippen LogP contribution < -0.4 is 5.32 Å². The van der Waals surface area contributed by atoms with Crippen LogP contribution in [0.25, 0.3) is 10.9 Å². The Morgan fingerprint density at radius 1 is 1.07 bits per heavy atom. The molecule has 2 N–H and O–H groups in total. The number of hydrogen-bond acceptors (Lipinski definition) is 4. The van der Waals surface area contributed by atoms with E-state index in [1.165, 1.54) is 18.3 Å². The number of aryl methyl sites for hydroxylation is 1. The van der Waals surface area contributed by atoms with Crippen LogP contribution in [0.4, 0.5) is 10.2 Å². The molecule has 7 heteroatoms. The highest BCUT2D eigenvalue weighted by Crippen LogP contribution is 2.37. The van der Waals surface area contributed by atoms with Crippen molar-refractivity contribution >= 4 is 39.9 Å². The van der Waals surface area contributed by atoms with Crippen LogP contribution in [0.5, 0.6) is 5.75 Å². The number of anilines is 1. The highest BCUT2D eigenvalue weighted by atomic mass is 35.5. The van der Waals surface area contributed by atoms with Crippen LogP contribution in [-0.2, 0) is 0 Å². The van der Waals surface area contributed by atoms with E-state index >= 15 is 0 Å². The Kier molecular flexibility index (Phi) is 5.26. The molecule has 0 aliphatic carbocycles. The molecular formula is C22H16Cl2FN3O. The van der Waals surface area contributed by atoms with Crippen molar-refractivity contribution in [2.45, 2.75) is 13.0 Å². The summed E-state index contributed by atoms with van der Waals surface area (Å²) in [5, 5.41) is 15.6. The molecular weight excluding hydrogens is 412 g/mol. The van der Waals surface area contributed by atoms with Gasteiger partial charge in [-0.3, -0.25) is 4.98 Å². The first-order valence-electron chi connectivity index (χ1n) is 8.84. The highest BCUT2D eigenvalue weighted by Gasteiger charge is 2.22. The number of hydrogen-bond donors (Lipinski definition) is 2. The normalized spacial score (nSPS) is 12.1. The van der Waals surface area contributed by atoms with Gasteiger partial charge in [0.15, 0.2) is 0 Å². The molecule has 4 nitrogen and oxygen atoms in total. The number of aromatic hydroxyl groups is 1. The van der Waals surface area contributed by atoms with Gasteiger partial charge in [0.05, 0.1) is 16.1 Å². The Bertz CT molecular complexity index is 1220. The zero-order chi connectivity index (χ0) is 20.5. The lowest BCUT2D eigenvalue weighted by molar-refractivity contribution is 0.471. The Balaban J connectivity index is 1.88. The summed E-state index contributed by atoms with van der Waals surface area (Å²) in [4.78, 5) is 8.62. The molecule has 146 valence electrons. The molecule has 29 heavy (non-hydrogen) atoms. The standard InChI is InChI=1S/C22H16Cl2FN3O/c1-12-9-15(23)11-27-22(12)28-19(14-5-7-17(24)18(25)10-14)16-6-4-13-3-2-8-26-20(13)21(16)29/h2-11,19,29H,1H3,(H,27,28). The fraction of sp³-hybridized carbons (Fsp3) is 0.0909. The lowest BCUT2D eigenvalue weighted by Gasteiger charge is -2.23. The maximum absolute atomic E-state index is 14.2. The van der Waals surface area contributed by atoms with Crippen molar-refractivity contribution in [2.75, 3.05) is 5.32 Å². The lowest BCUT2D eigenvalue weighted by Crippen LogP contribution is -2.15. The summed E-state index contributed by atoms with van der Waals surface area (Å²) in [5.74, 6) is 0.0352. The minimum atomic E-state index is -0.597. The number of benzene rings is 2. The van der Waals surface area contributed by atoms with Crippen LogP contribution >= 0.6 is 23.2 Å². The Morgan fingerprint density at radius 3 is 2.66 bits per heavy atom. The molecule has 0 fully saturated rings. The summed E-state index contributed by atoms with van der Waals surface area (Å²) in [6, 6.07) is 13.0. The van der Waals surface area contributed by atoms with Crippen molar-refractivity contribution in [2.24, 2.45) is 0 Å². The van der Waals surface area contributed by atoms with Gasteiger partial charge in [0.1, 0.15) is 22.9 Å². The van der Waals surface area contributed by atoms with Crippen molar-refractivity contribution in [1.82, 2.24) is 9.97 Å². The van der Waals surface area contributed by atoms with Gasteiger partial charge >= 0.3 is 0 Å². The molecule has 0 aliphatic heterocycles. The molecule has 0 spiro atoms. The molecule has 2 heterocycles. The molecule has 2 aromatic carbocycles. The van der Waals surface area contributed by atoms with Gasteiger partial charge in [0.25, 0.3) is 0 Å². The first-order chi connectivity index (χ1) is 13.9. The van der Waals surface area contributed by atoms with Crippen LogP contribution in [0.3, 0.4) is 0 Å². The maximum atomic E-state index is 14.2. The van der Waals surface area contributed by atoms with Gasteiger partial charge in [-0.15, -0.1) is 0 Å². The van der Waals surface area contributed by atoms with Crippen LogP contribution in [0.15, 0.2) is 60.9 Å². The van der Waals surface area contributed by atoms with Gasteiger partial charge in [0.2, 0.25) is 0 Å². The van der Waals surface area contributed by atoms with Gasteiger partial charge < -0.3 is 10.4 Å². The molecule has 0 radical (unpaired) electrons. The second-order valence-electron chi connectivity index (χ2n) is 6.65. The summed E-state index contributed by atoms with van der Waals surface area (Å²) in [6.07, 6.45) is 3.14. The number of pyridine rings is 2. The molecule has 0 saturated carbocycles. The average Bonchev–Trinajstić information content (AvgIpc) is 2.71. The molecule has 0 bridgehead atoms. The van der Waals surface area contributed by atoms with Gasteiger partial charge in [-0.2, -0.15) is 0 Å². The molecule has 0 aliphatic rings. The van der Waals surface area contributed by atoms with Crippen molar-refractivity contribution in [3.8, 4) is 5.75 Å². The smallest absolute Gasteiger partial charge is 0.147 e.